The number of aromatic nitrogens is 2. The third kappa shape index (κ3) is 3.70. The zero-order chi connectivity index (χ0) is 31.0. The van der Waals surface area contributed by atoms with Gasteiger partial charge >= 0.3 is 0 Å². The summed E-state index contributed by atoms with van der Waals surface area (Å²) in [5.41, 5.74) is 12.2. The van der Waals surface area contributed by atoms with Crippen LogP contribution >= 0.6 is 0 Å². The Bertz CT molecular complexity index is 2440. The van der Waals surface area contributed by atoms with E-state index in [4.69, 9.17) is 19.1 Å². The number of rotatable bonds is 3. The summed E-state index contributed by atoms with van der Waals surface area (Å²) in [5, 5.41) is 1.12. The highest BCUT2D eigenvalue weighted by molar-refractivity contribution is 6.03. The molecular weight excluding hydrogens is 576 g/mol. The van der Waals surface area contributed by atoms with Crippen LogP contribution in [0, 0.1) is 0 Å². The second kappa shape index (κ2) is 9.87. The van der Waals surface area contributed by atoms with Gasteiger partial charge in [-0.2, -0.15) is 0 Å². The van der Waals surface area contributed by atoms with E-state index in [0.29, 0.717) is 5.82 Å². The van der Waals surface area contributed by atoms with Gasteiger partial charge in [-0.25, -0.2) is 9.97 Å². The van der Waals surface area contributed by atoms with Gasteiger partial charge in [0.15, 0.2) is 5.82 Å². The van der Waals surface area contributed by atoms with Crippen LogP contribution in [0.1, 0.15) is 22.3 Å². The Balaban J connectivity index is 1.23. The molecule has 0 fully saturated rings. The first kappa shape index (κ1) is 26.0. The smallest absolute Gasteiger partial charge is 0.160 e. The predicted molar refractivity (Wildman–Crippen MR) is 185 cm³/mol. The van der Waals surface area contributed by atoms with Crippen molar-refractivity contribution in [1.29, 1.82) is 0 Å². The van der Waals surface area contributed by atoms with Gasteiger partial charge in [-0.3, -0.25) is 0 Å². The van der Waals surface area contributed by atoms with Crippen molar-refractivity contribution in [2.24, 2.45) is 0 Å². The molecule has 1 spiro atoms. The minimum absolute atomic E-state index is 0.567. The van der Waals surface area contributed by atoms with Crippen molar-refractivity contribution in [1.82, 2.24) is 9.97 Å². The lowest BCUT2D eigenvalue weighted by molar-refractivity contribution is 0.436. The van der Waals surface area contributed by atoms with Crippen LogP contribution in [0.5, 0.6) is 11.5 Å². The van der Waals surface area contributed by atoms with E-state index in [9.17, 15) is 0 Å². The Hall–Kier alpha value is -6.26. The van der Waals surface area contributed by atoms with Crippen molar-refractivity contribution < 1.29 is 9.15 Å². The monoisotopic (exact) mass is 602 g/mol. The van der Waals surface area contributed by atoms with Crippen LogP contribution in [-0.2, 0) is 5.41 Å². The molecule has 1 unspecified atom stereocenters. The summed E-state index contributed by atoms with van der Waals surface area (Å²) >= 11 is 0. The fraction of sp³-hybridized carbons (Fsp3) is 0.0233. The normalized spacial score (nSPS) is 15.5. The molecule has 4 nitrogen and oxygen atoms in total. The predicted octanol–water partition coefficient (Wildman–Crippen LogP) is 10.7. The van der Waals surface area contributed by atoms with Gasteiger partial charge in [-0.15, -0.1) is 0 Å². The van der Waals surface area contributed by atoms with Crippen LogP contribution < -0.4 is 4.74 Å². The van der Waals surface area contributed by atoms with Gasteiger partial charge in [-0.1, -0.05) is 121 Å². The minimum Gasteiger partial charge on any atom is -0.464 e. The highest BCUT2D eigenvalue weighted by atomic mass is 16.5. The van der Waals surface area contributed by atoms with Crippen molar-refractivity contribution in [3.05, 3.63) is 180 Å². The van der Waals surface area contributed by atoms with Gasteiger partial charge in [0.25, 0.3) is 0 Å². The van der Waals surface area contributed by atoms with E-state index in [0.717, 1.165) is 61.7 Å². The number of hydrogen-bond donors (Lipinski definition) is 0. The second-order valence-corrected chi connectivity index (χ2v) is 12.1. The number of para-hydroxylation sites is 1. The van der Waals surface area contributed by atoms with E-state index >= 15 is 0 Å². The van der Waals surface area contributed by atoms with Crippen LogP contribution in [0.25, 0.3) is 56.0 Å². The summed E-state index contributed by atoms with van der Waals surface area (Å²) < 4.78 is 12.7. The average Bonchev–Trinajstić information content (AvgIpc) is 3.74. The second-order valence-electron chi connectivity index (χ2n) is 12.1. The molecule has 6 aromatic carbocycles. The van der Waals surface area contributed by atoms with Crippen molar-refractivity contribution in [2.75, 3.05) is 0 Å². The summed E-state index contributed by atoms with van der Waals surface area (Å²) in [5.74, 6) is 2.29. The molecule has 220 valence electrons. The molecule has 0 bridgehead atoms. The lowest BCUT2D eigenvalue weighted by atomic mass is 9.66. The standard InChI is InChI=1S/C43H26N2O2/c1-3-11-27(12-4-1)36-26-37(28-13-5-2-6-14-28)45-42(44-36)29-19-20-34-40(25-29)47-39-18-10-9-17-33(39)43(34)32-16-8-7-15-30(32)41-31-23-24-46-38(31)22-21-35(41)43/h1-26H. The largest absolute Gasteiger partial charge is 0.464 e. The number of benzene rings is 6. The molecule has 1 atom stereocenters. The fourth-order valence-electron chi connectivity index (χ4n) is 7.67. The van der Waals surface area contributed by atoms with Gasteiger partial charge in [0, 0.05) is 33.2 Å². The summed E-state index contributed by atoms with van der Waals surface area (Å²) in [4.78, 5) is 10.2. The first-order chi connectivity index (χ1) is 23.3. The van der Waals surface area contributed by atoms with Crippen LogP contribution in [0.4, 0.5) is 0 Å². The summed E-state index contributed by atoms with van der Waals surface area (Å²) in [6, 6.07) is 52.7. The van der Waals surface area contributed by atoms with Crippen molar-refractivity contribution >= 4 is 11.0 Å². The number of hydrogen-bond acceptors (Lipinski definition) is 4. The maximum Gasteiger partial charge on any atom is 0.160 e. The third-order valence-electron chi connectivity index (χ3n) is 9.66. The maximum absolute atomic E-state index is 6.78. The molecule has 1 aliphatic heterocycles. The maximum atomic E-state index is 6.78. The molecule has 10 rings (SSSR count). The molecule has 0 radical (unpaired) electrons. The van der Waals surface area contributed by atoms with Crippen LogP contribution in [-0.4, -0.2) is 9.97 Å². The van der Waals surface area contributed by atoms with Crippen molar-refractivity contribution in [2.45, 2.75) is 5.41 Å². The zero-order valence-corrected chi connectivity index (χ0v) is 25.2. The molecule has 1 aliphatic carbocycles. The highest BCUT2D eigenvalue weighted by Crippen LogP contribution is 2.63. The fourth-order valence-corrected chi connectivity index (χ4v) is 7.67. The lowest BCUT2D eigenvalue weighted by Gasteiger charge is -2.39. The Morgan fingerprint density at radius 3 is 1.87 bits per heavy atom. The Morgan fingerprint density at radius 2 is 1.11 bits per heavy atom. The van der Waals surface area contributed by atoms with E-state index in [1.54, 1.807) is 6.26 Å². The van der Waals surface area contributed by atoms with Gasteiger partial charge < -0.3 is 9.15 Å². The molecule has 8 aromatic rings. The molecule has 2 aromatic heterocycles. The first-order valence-electron chi connectivity index (χ1n) is 15.8. The van der Waals surface area contributed by atoms with Gasteiger partial charge in [-0.05, 0) is 52.6 Å². The molecule has 0 saturated carbocycles. The van der Waals surface area contributed by atoms with Gasteiger partial charge in [0.1, 0.15) is 17.1 Å². The molecule has 4 heteroatoms. The third-order valence-corrected chi connectivity index (χ3v) is 9.66. The Kier molecular flexibility index (Phi) is 5.46. The average molecular weight is 603 g/mol. The molecule has 0 amide bonds. The van der Waals surface area contributed by atoms with Crippen LogP contribution in [0.3, 0.4) is 0 Å². The van der Waals surface area contributed by atoms with Crippen LogP contribution in [0.15, 0.2) is 162 Å². The number of ether oxygens (including phenoxy) is 1. The minimum atomic E-state index is -0.567. The first-order valence-corrected chi connectivity index (χ1v) is 15.8. The number of nitrogens with zero attached hydrogens (tertiary/aromatic N) is 2. The Morgan fingerprint density at radius 1 is 0.468 bits per heavy atom. The Labute approximate surface area is 271 Å². The van der Waals surface area contributed by atoms with E-state index in [2.05, 4.69) is 109 Å². The van der Waals surface area contributed by atoms with Crippen LogP contribution in [0.2, 0.25) is 0 Å². The zero-order valence-electron chi connectivity index (χ0n) is 25.2. The SMILES string of the molecule is c1ccc(-c2cc(-c3ccccc3)nc(-c3ccc4c(c3)Oc3ccccc3C43c4ccccc4-c4c3ccc3occc43)n2)cc1. The molecule has 2 aliphatic rings. The van der Waals surface area contributed by atoms with Gasteiger partial charge in [0.05, 0.1) is 23.1 Å². The van der Waals surface area contributed by atoms with E-state index in [1.807, 2.05) is 42.5 Å². The van der Waals surface area contributed by atoms with Crippen molar-refractivity contribution in [3.8, 4) is 56.5 Å². The molecule has 3 heterocycles. The quantitative estimate of drug-likeness (QED) is 0.202. The van der Waals surface area contributed by atoms with Crippen molar-refractivity contribution in [3.63, 3.8) is 0 Å². The number of fused-ring (bicyclic) bond motifs is 11. The van der Waals surface area contributed by atoms with E-state index < -0.39 is 5.41 Å². The van der Waals surface area contributed by atoms with E-state index in [-0.39, 0.29) is 0 Å². The van der Waals surface area contributed by atoms with Gasteiger partial charge in [0.2, 0.25) is 0 Å². The summed E-state index contributed by atoms with van der Waals surface area (Å²) in [7, 11) is 0. The number of furan rings is 1. The topological polar surface area (TPSA) is 48.2 Å². The molecule has 0 saturated heterocycles. The summed E-state index contributed by atoms with van der Waals surface area (Å²) in [6.07, 6.45) is 1.78. The molecule has 47 heavy (non-hydrogen) atoms. The molecule has 0 N–H and O–H groups in total. The lowest BCUT2D eigenvalue weighted by Crippen LogP contribution is -2.32. The van der Waals surface area contributed by atoms with E-state index in [1.165, 1.54) is 22.3 Å². The molecular formula is C43H26N2O2. The highest BCUT2D eigenvalue weighted by Gasteiger charge is 2.51. The summed E-state index contributed by atoms with van der Waals surface area (Å²) in [6.45, 7) is 0.